The normalized spacial score (nSPS) is 55.1. The first-order valence-electron chi connectivity index (χ1n) is 4.92. The van der Waals surface area contributed by atoms with E-state index in [-0.39, 0.29) is 5.92 Å². The van der Waals surface area contributed by atoms with Gasteiger partial charge >= 0.3 is 0 Å². The van der Waals surface area contributed by atoms with Gasteiger partial charge in [-0.05, 0) is 24.2 Å². The number of hydrogen-bond acceptors (Lipinski definition) is 3. The Hall–Kier alpha value is -0.570. The predicted molar refractivity (Wildman–Crippen MR) is 48.0 cm³/mol. The van der Waals surface area contributed by atoms with Gasteiger partial charge in [-0.3, -0.25) is 0 Å². The maximum Gasteiger partial charge on any atom is 0.243 e. The number of nitrogens with zero attached hydrogens (tertiary/aromatic N) is 1. The lowest BCUT2D eigenvalue weighted by atomic mass is 9.86. The van der Waals surface area contributed by atoms with E-state index in [1.54, 1.807) is 0 Å². The van der Waals surface area contributed by atoms with Crippen molar-refractivity contribution in [3.8, 4) is 0 Å². The van der Waals surface area contributed by atoms with Crippen LogP contribution in [-0.4, -0.2) is 16.6 Å². The second-order valence-corrected chi connectivity index (χ2v) is 5.30. The van der Waals surface area contributed by atoms with Gasteiger partial charge < -0.3 is 9.94 Å². The SMILES string of the molecule is CC1=NO[C@]2(O)C[C@@H]3[C@H]([C@@H]12)C3(C)C. The molecule has 1 aliphatic heterocycles. The summed E-state index contributed by atoms with van der Waals surface area (Å²) in [5, 5.41) is 14.0. The van der Waals surface area contributed by atoms with Crippen molar-refractivity contribution in [3.63, 3.8) is 0 Å². The van der Waals surface area contributed by atoms with Crippen LogP contribution in [0.4, 0.5) is 0 Å². The molecule has 0 aromatic rings. The van der Waals surface area contributed by atoms with Crippen LogP contribution in [0.15, 0.2) is 5.16 Å². The molecule has 0 unspecified atom stereocenters. The Labute approximate surface area is 77.8 Å². The van der Waals surface area contributed by atoms with Crippen LogP contribution < -0.4 is 0 Å². The van der Waals surface area contributed by atoms with E-state index in [4.69, 9.17) is 4.84 Å². The summed E-state index contributed by atoms with van der Waals surface area (Å²) in [7, 11) is 0. The van der Waals surface area contributed by atoms with Crippen LogP contribution in [0.5, 0.6) is 0 Å². The summed E-state index contributed by atoms with van der Waals surface area (Å²) in [4.78, 5) is 5.11. The zero-order valence-corrected chi connectivity index (χ0v) is 8.24. The first kappa shape index (κ1) is 7.80. The van der Waals surface area contributed by atoms with Crippen LogP contribution in [0.2, 0.25) is 0 Å². The molecular formula is C10H15NO2. The highest BCUT2D eigenvalue weighted by molar-refractivity contribution is 5.87. The quantitative estimate of drug-likeness (QED) is 0.613. The van der Waals surface area contributed by atoms with Crippen LogP contribution in [0.1, 0.15) is 27.2 Å². The summed E-state index contributed by atoms with van der Waals surface area (Å²) in [5.41, 5.74) is 1.36. The lowest BCUT2D eigenvalue weighted by Gasteiger charge is -2.26. The summed E-state index contributed by atoms with van der Waals surface area (Å²) < 4.78 is 0. The molecule has 3 rings (SSSR count). The van der Waals surface area contributed by atoms with E-state index in [9.17, 15) is 5.11 Å². The molecule has 0 saturated heterocycles. The van der Waals surface area contributed by atoms with E-state index in [1.807, 2.05) is 6.92 Å². The molecule has 0 amide bonds. The van der Waals surface area contributed by atoms with Crippen molar-refractivity contribution in [2.45, 2.75) is 33.0 Å². The third-order valence-corrected chi connectivity index (χ3v) is 4.29. The van der Waals surface area contributed by atoms with Gasteiger partial charge in [-0.1, -0.05) is 19.0 Å². The van der Waals surface area contributed by atoms with Crippen molar-refractivity contribution in [1.29, 1.82) is 0 Å². The van der Waals surface area contributed by atoms with Gasteiger partial charge in [-0.25, -0.2) is 0 Å². The van der Waals surface area contributed by atoms with Gasteiger partial charge in [-0.15, -0.1) is 0 Å². The van der Waals surface area contributed by atoms with Crippen molar-refractivity contribution in [3.05, 3.63) is 0 Å². The van der Waals surface area contributed by atoms with Gasteiger partial charge in [0.05, 0.1) is 11.6 Å². The molecule has 2 aliphatic carbocycles. The molecule has 3 heteroatoms. The third-order valence-electron chi connectivity index (χ3n) is 4.29. The summed E-state index contributed by atoms with van der Waals surface area (Å²) in [6, 6.07) is 0. The van der Waals surface area contributed by atoms with Gasteiger partial charge in [-0.2, -0.15) is 0 Å². The second-order valence-electron chi connectivity index (χ2n) is 5.30. The minimum absolute atomic E-state index is 0.160. The van der Waals surface area contributed by atoms with E-state index in [0.717, 1.165) is 12.1 Å². The highest BCUT2D eigenvalue weighted by Gasteiger charge is 2.75. The first-order chi connectivity index (χ1) is 5.97. The molecule has 0 aromatic heterocycles. The molecular weight excluding hydrogens is 166 g/mol. The van der Waals surface area contributed by atoms with Crippen molar-refractivity contribution in [1.82, 2.24) is 0 Å². The van der Waals surface area contributed by atoms with Crippen LogP contribution in [0, 0.1) is 23.2 Å². The lowest BCUT2D eigenvalue weighted by molar-refractivity contribution is -0.208. The molecule has 0 bridgehead atoms. The average molecular weight is 181 g/mol. The summed E-state index contributed by atoms with van der Waals surface area (Å²) in [6.45, 7) is 6.50. The highest BCUT2D eigenvalue weighted by atomic mass is 16.7. The summed E-state index contributed by atoms with van der Waals surface area (Å²) in [6.07, 6.45) is 0.760. The Bertz CT molecular complexity index is 310. The Morgan fingerprint density at radius 1 is 1.54 bits per heavy atom. The molecule has 3 nitrogen and oxygen atoms in total. The minimum Gasteiger partial charge on any atom is -0.360 e. The van der Waals surface area contributed by atoms with Crippen molar-refractivity contribution in [2.24, 2.45) is 28.3 Å². The van der Waals surface area contributed by atoms with Crippen molar-refractivity contribution in [2.75, 3.05) is 0 Å². The van der Waals surface area contributed by atoms with Gasteiger partial charge in [0.15, 0.2) is 0 Å². The van der Waals surface area contributed by atoms with Crippen LogP contribution in [0.25, 0.3) is 0 Å². The second kappa shape index (κ2) is 1.78. The summed E-state index contributed by atoms with van der Waals surface area (Å²) >= 11 is 0. The van der Waals surface area contributed by atoms with Crippen LogP contribution >= 0.6 is 0 Å². The molecule has 2 saturated carbocycles. The third kappa shape index (κ3) is 0.688. The monoisotopic (exact) mass is 181 g/mol. The Kier molecular flexibility index (Phi) is 1.07. The molecule has 0 radical (unpaired) electrons. The van der Waals surface area contributed by atoms with Crippen molar-refractivity contribution < 1.29 is 9.94 Å². The number of oxime groups is 1. The van der Waals surface area contributed by atoms with E-state index < -0.39 is 5.79 Å². The fourth-order valence-corrected chi connectivity index (χ4v) is 3.45. The highest BCUT2D eigenvalue weighted by Crippen LogP contribution is 2.72. The fraction of sp³-hybridized carbons (Fsp3) is 0.900. The molecule has 0 spiro atoms. The number of fused-ring (bicyclic) bond motifs is 3. The maximum atomic E-state index is 10.1. The number of rotatable bonds is 0. The van der Waals surface area contributed by atoms with E-state index in [2.05, 4.69) is 19.0 Å². The molecule has 1 heterocycles. The molecule has 4 atom stereocenters. The first-order valence-corrected chi connectivity index (χ1v) is 4.92. The van der Waals surface area contributed by atoms with E-state index in [0.29, 0.717) is 17.3 Å². The molecule has 3 aliphatic rings. The van der Waals surface area contributed by atoms with Gasteiger partial charge in [0.2, 0.25) is 5.79 Å². The van der Waals surface area contributed by atoms with Gasteiger partial charge in [0.1, 0.15) is 0 Å². The van der Waals surface area contributed by atoms with Gasteiger partial charge in [0, 0.05) is 6.42 Å². The zero-order chi connectivity index (χ0) is 9.43. The van der Waals surface area contributed by atoms with E-state index in [1.165, 1.54) is 0 Å². The minimum atomic E-state index is -0.949. The molecule has 2 fully saturated rings. The molecule has 72 valence electrons. The summed E-state index contributed by atoms with van der Waals surface area (Å²) in [5.74, 6) is 0.429. The Balaban J connectivity index is 1.98. The lowest BCUT2D eigenvalue weighted by Crippen LogP contribution is -2.38. The predicted octanol–water partition coefficient (Wildman–Crippen LogP) is 1.37. The fourth-order valence-electron chi connectivity index (χ4n) is 3.45. The van der Waals surface area contributed by atoms with Crippen LogP contribution in [0.3, 0.4) is 0 Å². The van der Waals surface area contributed by atoms with Crippen molar-refractivity contribution >= 4 is 5.71 Å². The number of hydrogen-bond donors (Lipinski definition) is 1. The molecule has 1 N–H and O–H groups in total. The van der Waals surface area contributed by atoms with Crippen LogP contribution in [-0.2, 0) is 4.84 Å². The standard InChI is InChI=1S/C10H15NO2/c1-5-7-8-6(9(8,2)3)4-10(7,12)13-11-5/h6-8,12H,4H2,1-3H3/t6-,7-,8-,10-/m1/s1. The zero-order valence-electron chi connectivity index (χ0n) is 8.24. The maximum absolute atomic E-state index is 10.1. The molecule has 13 heavy (non-hydrogen) atoms. The Morgan fingerprint density at radius 2 is 2.23 bits per heavy atom. The topological polar surface area (TPSA) is 41.8 Å². The molecule has 0 aromatic carbocycles. The smallest absolute Gasteiger partial charge is 0.243 e. The van der Waals surface area contributed by atoms with E-state index >= 15 is 0 Å². The Morgan fingerprint density at radius 3 is 2.92 bits per heavy atom. The largest absolute Gasteiger partial charge is 0.360 e. The van der Waals surface area contributed by atoms with Gasteiger partial charge in [0.25, 0.3) is 0 Å². The average Bonchev–Trinajstić information content (AvgIpc) is 2.44. The number of aliphatic hydroxyl groups is 1.